The van der Waals surface area contributed by atoms with Crippen LogP contribution in [0.3, 0.4) is 0 Å². The molecule has 1 atom stereocenters. The Balaban J connectivity index is 2.14. The van der Waals surface area contributed by atoms with Crippen molar-refractivity contribution in [1.29, 1.82) is 0 Å². The number of amides is 1. The summed E-state index contributed by atoms with van der Waals surface area (Å²) in [5.41, 5.74) is 2.15. The first-order chi connectivity index (χ1) is 10.3. The van der Waals surface area contributed by atoms with Crippen molar-refractivity contribution in [1.82, 2.24) is 4.98 Å². The number of fused-ring (bicyclic) bond motifs is 1. The topological polar surface area (TPSA) is 51.2 Å². The van der Waals surface area contributed by atoms with Crippen LogP contribution in [-0.4, -0.2) is 29.8 Å². The molecule has 0 aliphatic heterocycles. The van der Waals surface area contributed by atoms with Gasteiger partial charge in [0.2, 0.25) is 0 Å². The van der Waals surface area contributed by atoms with Crippen LogP contribution in [0.4, 0.5) is 18.9 Å². The van der Waals surface area contributed by atoms with Crippen LogP contribution in [-0.2, 0) is 9.53 Å². The van der Waals surface area contributed by atoms with Gasteiger partial charge in [-0.25, -0.2) is 0 Å². The van der Waals surface area contributed by atoms with E-state index in [0.717, 1.165) is 16.5 Å². The predicted octanol–water partition coefficient (Wildman–Crippen LogP) is 3.45. The van der Waals surface area contributed by atoms with Crippen molar-refractivity contribution >= 4 is 22.5 Å². The van der Waals surface area contributed by atoms with Crippen molar-refractivity contribution in [3.05, 3.63) is 36.0 Å². The molecule has 1 unspecified atom stereocenters. The number of ether oxygens (including phenoxy) is 1. The molecule has 22 heavy (non-hydrogen) atoms. The van der Waals surface area contributed by atoms with Crippen LogP contribution < -0.4 is 5.32 Å². The Morgan fingerprint density at radius 1 is 1.36 bits per heavy atom. The highest BCUT2D eigenvalue weighted by Crippen LogP contribution is 2.25. The van der Waals surface area contributed by atoms with Gasteiger partial charge in [-0.15, -0.1) is 0 Å². The zero-order valence-electron chi connectivity index (χ0n) is 12.1. The van der Waals surface area contributed by atoms with Gasteiger partial charge in [0.25, 0.3) is 5.91 Å². The second kappa shape index (κ2) is 6.31. The van der Waals surface area contributed by atoms with E-state index in [1.165, 1.54) is 6.92 Å². The molecule has 0 bridgehead atoms. The van der Waals surface area contributed by atoms with E-state index in [2.05, 4.69) is 15.0 Å². The highest BCUT2D eigenvalue weighted by atomic mass is 19.4. The van der Waals surface area contributed by atoms with E-state index in [9.17, 15) is 18.0 Å². The fourth-order valence-electron chi connectivity index (χ4n) is 1.95. The van der Waals surface area contributed by atoms with E-state index in [1.807, 2.05) is 6.92 Å². The summed E-state index contributed by atoms with van der Waals surface area (Å²) in [6.07, 6.45) is -4.04. The molecule has 7 heteroatoms. The maximum Gasteiger partial charge on any atom is 0.411 e. The number of pyridine rings is 1. The summed E-state index contributed by atoms with van der Waals surface area (Å²) in [5, 5.41) is 3.30. The summed E-state index contributed by atoms with van der Waals surface area (Å²) in [7, 11) is 0. The molecule has 2 aromatic rings. The number of nitrogens with zero attached hydrogens (tertiary/aromatic N) is 1. The smallest absolute Gasteiger partial charge is 0.359 e. The molecule has 1 N–H and O–H groups in total. The first kappa shape index (κ1) is 16.2. The number of carbonyl (C=O) groups excluding carboxylic acids is 1. The van der Waals surface area contributed by atoms with Gasteiger partial charge in [-0.1, -0.05) is 6.07 Å². The molecule has 0 saturated heterocycles. The third-order valence-electron chi connectivity index (χ3n) is 3.10. The summed E-state index contributed by atoms with van der Waals surface area (Å²) in [5.74, 6) is -0.641. The second-order valence-electron chi connectivity index (χ2n) is 4.89. The standard InChI is InChI=1S/C15H15F3N2O2/c1-9-5-6-12(11-4-3-7-19-13(9)11)20-14(21)10(2)22-8-15(16,17)18/h3-7,10H,8H2,1-2H3,(H,20,21). The SMILES string of the molecule is Cc1ccc(NC(=O)C(C)OCC(F)(F)F)c2cccnc12. The largest absolute Gasteiger partial charge is 0.411 e. The molecule has 2 rings (SSSR count). The molecular weight excluding hydrogens is 297 g/mol. The first-order valence-corrected chi connectivity index (χ1v) is 6.61. The lowest BCUT2D eigenvalue weighted by atomic mass is 10.1. The van der Waals surface area contributed by atoms with Crippen molar-refractivity contribution in [2.45, 2.75) is 26.1 Å². The fraction of sp³-hybridized carbons (Fsp3) is 0.333. The van der Waals surface area contributed by atoms with Crippen molar-refractivity contribution in [2.75, 3.05) is 11.9 Å². The number of carbonyl (C=O) groups is 1. The molecule has 4 nitrogen and oxygen atoms in total. The minimum Gasteiger partial charge on any atom is -0.359 e. The van der Waals surface area contributed by atoms with Gasteiger partial charge in [0, 0.05) is 11.6 Å². The zero-order chi connectivity index (χ0) is 16.3. The van der Waals surface area contributed by atoms with E-state index in [0.29, 0.717) is 5.69 Å². The highest BCUT2D eigenvalue weighted by molar-refractivity contribution is 6.03. The van der Waals surface area contributed by atoms with Gasteiger partial charge >= 0.3 is 6.18 Å². The molecule has 1 heterocycles. The Morgan fingerprint density at radius 3 is 2.77 bits per heavy atom. The predicted molar refractivity (Wildman–Crippen MR) is 76.6 cm³/mol. The van der Waals surface area contributed by atoms with E-state index >= 15 is 0 Å². The van der Waals surface area contributed by atoms with Crippen molar-refractivity contribution < 1.29 is 22.7 Å². The Bertz CT molecular complexity index is 686. The number of benzene rings is 1. The summed E-state index contributed by atoms with van der Waals surface area (Å²) in [6.45, 7) is 1.70. The molecule has 0 aliphatic carbocycles. The Labute approximate surface area is 125 Å². The maximum absolute atomic E-state index is 12.1. The van der Waals surface area contributed by atoms with Gasteiger partial charge in [0.05, 0.1) is 11.2 Å². The van der Waals surface area contributed by atoms with E-state index < -0.39 is 24.8 Å². The number of rotatable bonds is 4. The van der Waals surface area contributed by atoms with Gasteiger partial charge in [-0.3, -0.25) is 9.78 Å². The van der Waals surface area contributed by atoms with Gasteiger partial charge in [-0.2, -0.15) is 13.2 Å². The molecule has 0 saturated carbocycles. The quantitative estimate of drug-likeness (QED) is 0.941. The van der Waals surface area contributed by atoms with Gasteiger partial charge in [-0.05, 0) is 37.6 Å². The lowest BCUT2D eigenvalue weighted by Crippen LogP contribution is -2.31. The van der Waals surface area contributed by atoms with Crippen LogP contribution >= 0.6 is 0 Å². The lowest BCUT2D eigenvalue weighted by molar-refractivity contribution is -0.184. The number of aryl methyl sites for hydroxylation is 1. The maximum atomic E-state index is 12.1. The Kier molecular flexibility index (Phi) is 4.65. The van der Waals surface area contributed by atoms with Crippen molar-refractivity contribution in [3.8, 4) is 0 Å². The third kappa shape index (κ3) is 3.94. The average Bonchev–Trinajstić information content (AvgIpc) is 2.47. The van der Waals surface area contributed by atoms with Crippen LogP contribution in [0, 0.1) is 6.92 Å². The van der Waals surface area contributed by atoms with Gasteiger partial charge in [0.15, 0.2) is 0 Å². The monoisotopic (exact) mass is 312 g/mol. The number of hydrogen-bond acceptors (Lipinski definition) is 3. The number of aromatic nitrogens is 1. The van der Waals surface area contributed by atoms with Crippen LogP contribution in [0.25, 0.3) is 10.9 Å². The van der Waals surface area contributed by atoms with Gasteiger partial charge < -0.3 is 10.1 Å². The number of nitrogens with one attached hydrogen (secondary N) is 1. The first-order valence-electron chi connectivity index (χ1n) is 6.61. The van der Waals surface area contributed by atoms with E-state index in [-0.39, 0.29) is 0 Å². The molecule has 118 valence electrons. The number of halogens is 3. The lowest BCUT2D eigenvalue weighted by Gasteiger charge is -2.16. The van der Waals surface area contributed by atoms with Crippen molar-refractivity contribution in [3.63, 3.8) is 0 Å². The van der Waals surface area contributed by atoms with Crippen LogP contribution in [0.15, 0.2) is 30.5 Å². The number of hydrogen-bond donors (Lipinski definition) is 1. The third-order valence-corrected chi connectivity index (χ3v) is 3.10. The minimum absolute atomic E-state index is 0.487. The Morgan fingerprint density at radius 2 is 2.09 bits per heavy atom. The summed E-state index contributed by atoms with van der Waals surface area (Å²) in [6, 6.07) is 6.98. The number of anilines is 1. The molecule has 1 amide bonds. The molecular formula is C15H15F3N2O2. The van der Waals surface area contributed by atoms with Crippen LogP contribution in [0.5, 0.6) is 0 Å². The van der Waals surface area contributed by atoms with Crippen LogP contribution in [0.2, 0.25) is 0 Å². The molecule has 1 aromatic carbocycles. The Hall–Kier alpha value is -2.15. The normalized spacial score (nSPS) is 13.1. The summed E-state index contributed by atoms with van der Waals surface area (Å²) in [4.78, 5) is 16.2. The van der Waals surface area contributed by atoms with E-state index in [4.69, 9.17) is 0 Å². The second-order valence-corrected chi connectivity index (χ2v) is 4.89. The molecule has 0 spiro atoms. The van der Waals surface area contributed by atoms with E-state index in [1.54, 1.807) is 30.5 Å². The average molecular weight is 312 g/mol. The zero-order valence-corrected chi connectivity index (χ0v) is 12.1. The number of alkyl halides is 3. The summed E-state index contributed by atoms with van der Waals surface area (Å²) >= 11 is 0. The molecule has 1 aromatic heterocycles. The molecule has 0 fully saturated rings. The van der Waals surface area contributed by atoms with Gasteiger partial charge in [0.1, 0.15) is 12.7 Å². The van der Waals surface area contributed by atoms with Crippen molar-refractivity contribution in [2.24, 2.45) is 0 Å². The van der Waals surface area contributed by atoms with Crippen LogP contribution in [0.1, 0.15) is 12.5 Å². The minimum atomic E-state index is -4.46. The molecule has 0 aliphatic rings. The fourth-order valence-corrected chi connectivity index (χ4v) is 1.95. The highest BCUT2D eigenvalue weighted by Gasteiger charge is 2.30. The molecule has 0 radical (unpaired) electrons. The summed E-state index contributed by atoms with van der Waals surface area (Å²) < 4.78 is 40.8.